The van der Waals surface area contributed by atoms with Crippen LogP contribution in [0.2, 0.25) is 0 Å². The van der Waals surface area contributed by atoms with Gasteiger partial charge in [-0.25, -0.2) is 0 Å². The minimum atomic E-state index is -0.0925. The Morgan fingerprint density at radius 3 is 2.50 bits per heavy atom. The van der Waals surface area contributed by atoms with Crippen molar-refractivity contribution in [3.05, 3.63) is 0 Å². The molecule has 0 aliphatic heterocycles. The van der Waals surface area contributed by atoms with Gasteiger partial charge in [-0.1, -0.05) is 12.8 Å². The maximum atomic E-state index is 9.91. The first-order valence-electron chi connectivity index (χ1n) is 6.59. The summed E-state index contributed by atoms with van der Waals surface area (Å²) in [5, 5.41) is 9.91. The SMILES string of the molecule is COCCCOCCCC(O)C1CCCC1. The van der Waals surface area contributed by atoms with Crippen molar-refractivity contribution in [2.24, 2.45) is 5.92 Å². The number of hydrogen-bond donors (Lipinski definition) is 1. The van der Waals surface area contributed by atoms with Gasteiger partial charge in [-0.05, 0) is 38.0 Å². The lowest BCUT2D eigenvalue weighted by Gasteiger charge is -2.17. The van der Waals surface area contributed by atoms with Crippen molar-refractivity contribution in [3.8, 4) is 0 Å². The number of aliphatic hydroxyl groups is 1. The highest BCUT2D eigenvalue weighted by Crippen LogP contribution is 2.29. The van der Waals surface area contributed by atoms with Crippen molar-refractivity contribution >= 4 is 0 Å². The molecule has 1 unspecified atom stereocenters. The van der Waals surface area contributed by atoms with E-state index in [1.807, 2.05) is 0 Å². The van der Waals surface area contributed by atoms with Crippen molar-refractivity contribution < 1.29 is 14.6 Å². The Balaban J connectivity index is 1.86. The van der Waals surface area contributed by atoms with Gasteiger partial charge < -0.3 is 14.6 Å². The quantitative estimate of drug-likeness (QED) is 0.618. The number of rotatable bonds is 9. The standard InChI is InChI=1S/C13H26O3/c1-15-9-5-11-16-10-4-8-13(14)12-6-2-3-7-12/h12-14H,2-11H2,1H3. The van der Waals surface area contributed by atoms with Gasteiger partial charge in [0.1, 0.15) is 0 Å². The van der Waals surface area contributed by atoms with Gasteiger partial charge in [0.05, 0.1) is 6.10 Å². The largest absolute Gasteiger partial charge is 0.393 e. The number of methoxy groups -OCH3 is 1. The summed E-state index contributed by atoms with van der Waals surface area (Å²) in [6, 6.07) is 0. The highest BCUT2D eigenvalue weighted by Gasteiger charge is 2.22. The second kappa shape index (κ2) is 8.97. The summed E-state index contributed by atoms with van der Waals surface area (Å²) in [6.07, 6.45) is 7.78. The Kier molecular flexibility index (Phi) is 7.81. The van der Waals surface area contributed by atoms with Crippen LogP contribution in [-0.2, 0) is 9.47 Å². The highest BCUT2D eigenvalue weighted by molar-refractivity contribution is 4.74. The maximum Gasteiger partial charge on any atom is 0.0569 e. The zero-order valence-electron chi connectivity index (χ0n) is 10.5. The zero-order chi connectivity index (χ0) is 11.6. The molecule has 1 atom stereocenters. The van der Waals surface area contributed by atoms with E-state index in [1.165, 1.54) is 25.7 Å². The summed E-state index contributed by atoms with van der Waals surface area (Å²) in [5.74, 6) is 0.563. The average Bonchev–Trinajstić information content (AvgIpc) is 2.81. The summed E-state index contributed by atoms with van der Waals surface area (Å²) >= 11 is 0. The molecular formula is C13H26O3. The predicted octanol–water partition coefficient (Wildman–Crippen LogP) is 2.37. The highest BCUT2D eigenvalue weighted by atomic mass is 16.5. The Morgan fingerprint density at radius 2 is 1.81 bits per heavy atom. The fourth-order valence-electron chi connectivity index (χ4n) is 2.38. The third-order valence-corrected chi connectivity index (χ3v) is 3.37. The van der Waals surface area contributed by atoms with Gasteiger partial charge in [0, 0.05) is 26.9 Å². The minimum absolute atomic E-state index is 0.0925. The molecule has 0 amide bonds. The van der Waals surface area contributed by atoms with E-state index in [0.717, 1.165) is 39.1 Å². The van der Waals surface area contributed by atoms with Crippen LogP contribution < -0.4 is 0 Å². The fourth-order valence-corrected chi connectivity index (χ4v) is 2.38. The predicted molar refractivity (Wildman–Crippen MR) is 64.5 cm³/mol. The molecule has 1 saturated carbocycles. The molecule has 0 radical (unpaired) electrons. The first kappa shape index (κ1) is 13.9. The second-order valence-electron chi connectivity index (χ2n) is 4.71. The van der Waals surface area contributed by atoms with Crippen LogP contribution in [0.4, 0.5) is 0 Å². The van der Waals surface area contributed by atoms with E-state index in [4.69, 9.17) is 9.47 Å². The summed E-state index contributed by atoms with van der Waals surface area (Å²) in [4.78, 5) is 0. The number of hydrogen-bond acceptors (Lipinski definition) is 3. The third kappa shape index (κ3) is 5.83. The molecule has 1 aliphatic rings. The Hall–Kier alpha value is -0.120. The molecule has 0 spiro atoms. The van der Waals surface area contributed by atoms with Crippen molar-refractivity contribution in [1.82, 2.24) is 0 Å². The van der Waals surface area contributed by atoms with E-state index in [0.29, 0.717) is 5.92 Å². The van der Waals surface area contributed by atoms with Gasteiger partial charge >= 0.3 is 0 Å². The lowest BCUT2D eigenvalue weighted by atomic mass is 9.97. The third-order valence-electron chi connectivity index (χ3n) is 3.37. The van der Waals surface area contributed by atoms with Crippen molar-refractivity contribution in [2.45, 2.75) is 51.0 Å². The molecule has 3 heteroatoms. The first-order chi connectivity index (χ1) is 7.84. The van der Waals surface area contributed by atoms with Gasteiger partial charge in [-0.3, -0.25) is 0 Å². The molecule has 1 fully saturated rings. The summed E-state index contributed by atoms with van der Waals surface area (Å²) < 4.78 is 10.4. The van der Waals surface area contributed by atoms with Crippen LogP contribution in [0.15, 0.2) is 0 Å². The van der Waals surface area contributed by atoms with Crippen molar-refractivity contribution in [1.29, 1.82) is 0 Å². The number of aliphatic hydroxyl groups excluding tert-OH is 1. The zero-order valence-corrected chi connectivity index (χ0v) is 10.5. The summed E-state index contributed by atoms with van der Waals surface area (Å²) in [7, 11) is 1.71. The van der Waals surface area contributed by atoms with Crippen LogP contribution in [0, 0.1) is 5.92 Å². The smallest absolute Gasteiger partial charge is 0.0569 e. The summed E-state index contributed by atoms with van der Waals surface area (Å²) in [5.41, 5.74) is 0. The van der Waals surface area contributed by atoms with E-state index < -0.39 is 0 Å². The molecule has 0 aromatic rings. The molecule has 1 aliphatic carbocycles. The second-order valence-corrected chi connectivity index (χ2v) is 4.71. The normalized spacial score (nSPS) is 19.1. The topological polar surface area (TPSA) is 38.7 Å². The number of ether oxygens (including phenoxy) is 2. The van der Waals surface area contributed by atoms with E-state index in [2.05, 4.69) is 0 Å². The Morgan fingerprint density at radius 1 is 1.12 bits per heavy atom. The molecule has 0 heterocycles. The van der Waals surface area contributed by atoms with Crippen LogP contribution in [0.5, 0.6) is 0 Å². The van der Waals surface area contributed by atoms with Gasteiger partial charge in [0.15, 0.2) is 0 Å². The first-order valence-corrected chi connectivity index (χ1v) is 6.59. The van der Waals surface area contributed by atoms with Crippen LogP contribution in [0.25, 0.3) is 0 Å². The summed E-state index contributed by atoms with van der Waals surface area (Å²) in [6.45, 7) is 2.31. The maximum absolute atomic E-state index is 9.91. The molecule has 0 saturated heterocycles. The van der Waals surface area contributed by atoms with Gasteiger partial charge in [0.2, 0.25) is 0 Å². The molecule has 0 aromatic carbocycles. The molecule has 0 bridgehead atoms. The average molecular weight is 230 g/mol. The Labute approximate surface area is 99.1 Å². The monoisotopic (exact) mass is 230 g/mol. The van der Waals surface area contributed by atoms with Crippen LogP contribution in [-0.4, -0.2) is 38.1 Å². The molecule has 1 rings (SSSR count). The molecule has 1 N–H and O–H groups in total. The van der Waals surface area contributed by atoms with Crippen molar-refractivity contribution in [3.63, 3.8) is 0 Å². The lowest BCUT2D eigenvalue weighted by Crippen LogP contribution is -2.18. The Bertz CT molecular complexity index is 155. The van der Waals surface area contributed by atoms with Crippen LogP contribution in [0.1, 0.15) is 44.9 Å². The van der Waals surface area contributed by atoms with Crippen molar-refractivity contribution in [2.75, 3.05) is 26.9 Å². The van der Waals surface area contributed by atoms with E-state index >= 15 is 0 Å². The lowest BCUT2D eigenvalue weighted by molar-refractivity contribution is 0.0697. The van der Waals surface area contributed by atoms with Crippen LogP contribution >= 0.6 is 0 Å². The molecule has 3 nitrogen and oxygen atoms in total. The molecule has 96 valence electrons. The van der Waals surface area contributed by atoms with E-state index in [9.17, 15) is 5.11 Å². The van der Waals surface area contributed by atoms with Gasteiger partial charge in [-0.15, -0.1) is 0 Å². The van der Waals surface area contributed by atoms with E-state index in [-0.39, 0.29) is 6.10 Å². The molecule has 16 heavy (non-hydrogen) atoms. The molecule has 0 aromatic heterocycles. The van der Waals surface area contributed by atoms with Gasteiger partial charge in [-0.2, -0.15) is 0 Å². The van der Waals surface area contributed by atoms with Crippen LogP contribution in [0.3, 0.4) is 0 Å². The minimum Gasteiger partial charge on any atom is -0.393 e. The van der Waals surface area contributed by atoms with E-state index in [1.54, 1.807) is 7.11 Å². The van der Waals surface area contributed by atoms with Gasteiger partial charge in [0.25, 0.3) is 0 Å². The fraction of sp³-hybridized carbons (Fsp3) is 1.00. The molecular weight excluding hydrogens is 204 g/mol.